The summed E-state index contributed by atoms with van der Waals surface area (Å²) in [5.41, 5.74) is 1.22. The first-order valence-corrected chi connectivity index (χ1v) is 6.80. The monoisotopic (exact) mass is 314 g/mol. The van der Waals surface area contributed by atoms with Crippen LogP contribution in [0.5, 0.6) is 0 Å². The normalized spacial score (nSPS) is 12.1. The average Bonchev–Trinajstić information content (AvgIpc) is 2.99. The molecule has 0 aliphatic carbocycles. The van der Waals surface area contributed by atoms with Gasteiger partial charge in [-0.25, -0.2) is 14.5 Å². The van der Waals surface area contributed by atoms with Crippen LogP contribution in [0.4, 0.5) is 13.2 Å². The molecule has 4 rings (SSSR count). The van der Waals surface area contributed by atoms with E-state index >= 15 is 0 Å². The van der Waals surface area contributed by atoms with Gasteiger partial charge < -0.3 is 0 Å². The Bertz CT molecular complexity index is 1000. The highest BCUT2D eigenvalue weighted by Crippen LogP contribution is 2.30. The fourth-order valence-electron chi connectivity index (χ4n) is 2.41. The van der Waals surface area contributed by atoms with Crippen LogP contribution < -0.4 is 0 Å². The molecule has 0 unspecified atom stereocenters. The zero-order valence-corrected chi connectivity index (χ0v) is 11.6. The van der Waals surface area contributed by atoms with Crippen LogP contribution in [-0.2, 0) is 6.18 Å². The Balaban J connectivity index is 1.84. The Morgan fingerprint density at radius 3 is 2.39 bits per heavy atom. The number of fused-ring (bicyclic) bond motifs is 3. The highest BCUT2D eigenvalue weighted by molar-refractivity contribution is 5.91. The van der Waals surface area contributed by atoms with Gasteiger partial charge in [0, 0.05) is 10.9 Å². The zero-order valence-electron chi connectivity index (χ0n) is 11.6. The van der Waals surface area contributed by atoms with Crippen LogP contribution in [0.3, 0.4) is 0 Å². The van der Waals surface area contributed by atoms with Crippen LogP contribution in [-0.4, -0.2) is 19.6 Å². The summed E-state index contributed by atoms with van der Waals surface area (Å²) >= 11 is 0. The predicted octanol–water partition coefficient (Wildman–Crippen LogP) is 3.96. The highest BCUT2D eigenvalue weighted by Gasteiger charge is 2.30. The Kier molecular flexibility index (Phi) is 2.84. The van der Waals surface area contributed by atoms with E-state index in [1.165, 1.54) is 23.0 Å². The Labute approximate surface area is 128 Å². The summed E-state index contributed by atoms with van der Waals surface area (Å²) in [5.74, 6) is 0.358. The number of nitrogens with zero attached hydrogens (tertiary/aromatic N) is 4. The SMILES string of the molecule is FC(F)(F)c1ccc(-c2nc3c4ccccc4ncn3n2)cc1. The summed E-state index contributed by atoms with van der Waals surface area (Å²) in [6.07, 6.45) is -2.82. The highest BCUT2D eigenvalue weighted by atomic mass is 19.4. The molecular weight excluding hydrogens is 305 g/mol. The van der Waals surface area contributed by atoms with Gasteiger partial charge in [0.25, 0.3) is 0 Å². The molecule has 2 aromatic carbocycles. The lowest BCUT2D eigenvalue weighted by Gasteiger charge is -2.05. The number of hydrogen-bond donors (Lipinski definition) is 0. The first-order valence-electron chi connectivity index (χ1n) is 6.80. The third-order valence-electron chi connectivity index (χ3n) is 3.55. The molecule has 0 aliphatic heterocycles. The van der Waals surface area contributed by atoms with Gasteiger partial charge in [0.2, 0.25) is 0 Å². The molecule has 0 radical (unpaired) electrons. The van der Waals surface area contributed by atoms with E-state index in [2.05, 4.69) is 15.1 Å². The molecule has 4 nitrogen and oxygen atoms in total. The molecule has 2 heterocycles. The van der Waals surface area contributed by atoms with E-state index in [0.29, 0.717) is 17.0 Å². The standard InChI is InChI=1S/C16H9F3N4/c17-16(18,19)11-7-5-10(6-8-11)14-21-15-12-3-1-2-4-13(12)20-9-23(15)22-14/h1-9H. The molecule has 0 N–H and O–H groups in total. The van der Waals surface area contributed by atoms with Crippen molar-refractivity contribution in [3.05, 3.63) is 60.4 Å². The molecule has 4 aromatic rings. The van der Waals surface area contributed by atoms with Crippen molar-refractivity contribution in [3.63, 3.8) is 0 Å². The fraction of sp³-hybridized carbons (Fsp3) is 0.0625. The average molecular weight is 314 g/mol. The van der Waals surface area contributed by atoms with E-state index in [4.69, 9.17) is 0 Å². The van der Waals surface area contributed by atoms with Crippen molar-refractivity contribution in [3.8, 4) is 11.4 Å². The second-order valence-corrected chi connectivity index (χ2v) is 5.04. The van der Waals surface area contributed by atoms with Crippen molar-refractivity contribution in [1.29, 1.82) is 0 Å². The van der Waals surface area contributed by atoms with Crippen molar-refractivity contribution in [2.75, 3.05) is 0 Å². The molecule has 0 saturated heterocycles. The van der Waals surface area contributed by atoms with Crippen LogP contribution in [0.1, 0.15) is 5.56 Å². The van der Waals surface area contributed by atoms with Gasteiger partial charge in [0.1, 0.15) is 6.33 Å². The predicted molar refractivity (Wildman–Crippen MR) is 78.7 cm³/mol. The minimum absolute atomic E-state index is 0.358. The molecule has 0 saturated carbocycles. The zero-order chi connectivity index (χ0) is 16.0. The third kappa shape index (κ3) is 2.30. The summed E-state index contributed by atoms with van der Waals surface area (Å²) in [4.78, 5) is 8.71. The van der Waals surface area contributed by atoms with E-state index < -0.39 is 11.7 Å². The van der Waals surface area contributed by atoms with Gasteiger partial charge in [-0.1, -0.05) is 24.3 Å². The van der Waals surface area contributed by atoms with E-state index in [1.54, 1.807) is 0 Å². The maximum absolute atomic E-state index is 12.6. The Morgan fingerprint density at radius 1 is 0.913 bits per heavy atom. The smallest absolute Gasteiger partial charge is 0.236 e. The van der Waals surface area contributed by atoms with Crippen LogP contribution in [0.2, 0.25) is 0 Å². The Hall–Kier alpha value is -2.96. The van der Waals surface area contributed by atoms with Crippen molar-refractivity contribution in [1.82, 2.24) is 19.6 Å². The number of hydrogen-bond acceptors (Lipinski definition) is 3. The summed E-state index contributed by atoms with van der Waals surface area (Å²) < 4.78 is 39.4. The summed E-state index contributed by atoms with van der Waals surface area (Å²) in [7, 11) is 0. The lowest BCUT2D eigenvalue weighted by atomic mass is 10.1. The van der Waals surface area contributed by atoms with E-state index in [-0.39, 0.29) is 0 Å². The molecule has 0 spiro atoms. The van der Waals surface area contributed by atoms with Crippen molar-refractivity contribution < 1.29 is 13.2 Å². The van der Waals surface area contributed by atoms with Crippen molar-refractivity contribution in [2.24, 2.45) is 0 Å². The number of para-hydroxylation sites is 1. The lowest BCUT2D eigenvalue weighted by Crippen LogP contribution is -2.04. The quantitative estimate of drug-likeness (QED) is 0.534. The van der Waals surface area contributed by atoms with Gasteiger partial charge in [-0.15, -0.1) is 5.10 Å². The molecule has 23 heavy (non-hydrogen) atoms. The van der Waals surface area contributed by atoms with Crippen LogP contribution in [0, 0.1) is 0 Å². The first kappa shape index (κ1) is 13.7. The number of aromatic nitrogens is 4. The molecular formula is C16H9F3N4. The van der Waals surface area contributed by atoms with Crippen molar-refractivity contribution >= 4 is 16.6 Å². The maximum Gasteiger partial charge on any atom is 0.416 e. The summed E-state index contributed by atoms with van der Waals surface area (Å²) in [6.45, 7) is 0. The molecule has 2 aromatic heterocycles. The number of benzene rings is 2. The largest absolute Gasteiger partial charge is 0.416 e. The number of rotatable bonds is 1. The van der Waals surface area contributed by atoms with Gasteiger partial charge in [-0.3, -0.25) is 0 Å². The molecule has 7 heteroatoms. The topological polar surface area (TPSA) is 43.1 Å². The first-order chi connectivity index (χ1) is 11.0. The number of alkyl halides is 3. The van der Waals surface area contributed by atoms with E-state index in [1.807, 2.05) is 24.3 Å². The van der Waals surface area contributed by atoms with Gasteiger partial charge >= 0.3 is 6.18 Å². The van der Waals surface area contributed by atoms with Gasteiger partial charge in [-0.05, 0) is 24.3 Å². The second-order valence-electron chi connectivity index (χ2n) is 5.04. The van der Waals surface area contributed by atoms with Gasteiger partial charge in [-0.2, -0.15) is 13.2 Å². The maximum atomic E-state index is 12.6. The Morgan fingerprint density at radius 2 is 1.65 bits per heavy atom. The lowest BCUT2D eigenvalue weighted by molar-refractivity contribution is -0.137. The molecule has 114 valence electrons. The second kappa shape index (κ2) is 4.77. The minimum Gasteiger partial charge on any atom is -0.236 e. The van der Waals surface area contributed by atoms with Gasteiger partial charge in [0.05, 0.1) is 11.1 Å². The molecule has 0 atom stereocenters. The minimum atomic E-state index is -4.36. The van der Waals surface area contributed by atoms with Gasteiger partial charge in [0.15, 0.2) is 11.5 Å². The number of halogens is 3. The molecule has 0 aliphatic rings. The third-order valence-corrected chi connectivity index (χ3v) is 3.55. The molecule has 0 fully saturated rings. The van der Waals surface area contributed by atoms with E-state index in [0.717, 1.165) is 23.0 Å². The van der Waals surface area contributed by atoms with E-state index in [9.17, 15) is 13.2 Å². The van der Waals surface area contributed by atoms with Crippen LogP contribution in [0.25, 0.3) is 27.9 Å². The van der Waals surface area contributed by atoms with Crippen LogP contribution in [0.15, 0.2) is 54.9 Å². The van der Waals surface area contributed by atoms with Crippen LogP contribution >= 0.6 is 0 Å². The fourth-order valence-corrected chi connectivity index (χ4v) is 2.41. The summed E-state index contributed by atoms with van der Waals surface area (Å²) in [6, 6.07) is 12.3. The molecule has 0 amide bonds. The summed E-state index contributed by atoms with van der Waals surface area (Å²) in [5, 5.41) is 5.12. The van der Waals surface area contributed by atoms with Crippen molar-refractivity contribution in [2.45, 2.75) is 6.18 Å². The molecule has 0 bridgehead atoms.